The van der Waals surface area contributed by atoms with E-state index in [2.05, 4.69) is 11.5 Å². The van der Waals surface area contributed by atoms with Crippen molar-refractivity contribution in [3.05, 3.63) is 34.5 Å². The summed E-state index contributed by atoms with van der Waals surface area (Å²) in [5.74, 6) is -0.875. The Bertz CT molecular complexity index is 689. The molecule has 0 fully saturated rings. The molecule has 0 saturated heterocycles. The Morgan fingerprint density at radius 3 is 2.45 bits per heavy atom. The van der Waals surface area contributed by atoms with Gasteiger partial charge in [-0.2, -0.15) is 0 Å². The molecular formula is C17H25N3O2. The summed E-state index contributed by atoms with van der Waals surface area (Å²) in [5.41, 5.74) is 15.6. The first-order valence-electron chi connectivity index (χ1n) is 7.77. The van der Waals surface area contributed by atoms with Crippen LogP contribution in [0.4, 0.5) is 0 Å². The van der Waals surface area contributed by atoms with Crippen LogP contribution in [0.5, 0.6) is 0 Å². The van der Waals surface area contributed by atoms with E-state index in [1.807, 2.05) is 19.1 Å². The molecule has 0 unspecified atom stereocenters. The van der Waals surface area contributed by atoms with E-state index in [1.54, 1.807) is 0 Å². The molecule has 0 amide bonds. The van der Waals surface area contributed by atoms with Gasteiger partial charge in [0.25, 0.3) is 0 Å². The summed E-state index contributed by atoms with van der Waals surface area (Å²) in [6.07, 6.45) is 2.59. The molecule has 2 rings (SSSR count). The second kappa shape index (κ2) is 6.94. The Hall–Kier alpha value is -1.85. The van der Waals surface area contributed by atoms with Gasteiger partial charge >= 0.3 is 5.97 Å². The Morgan fingerprint density at radius 1 is 1.18 bits per heavy atom. The fraction of sp³-hybridized carbons (Fsp3) is 0.471. The molecule has 0 spiro atoms. The smallest absolute Gasteiger partial charge is 0.338 e. The molecule has 0 bridgehead atoms. The molecule has 0 aliphatic heterocycles. The van der Waals surface area contributed by atoms with Gasteiger partial charge in [-0.05, 0) is 57.3 Å². The van der Waals surface area contributed by atoms with Gasteiger partial charge in [0, 0.05) is 17.6 Å². The molecule has 5 nitrogen and oxygen atoms in total. The van der Waals surface area contributed by atoms with Crippen LogP contribution in [-0.4, -0.2) is 28.7 Å². The van der Waals surface area contributed by atoms with E-state index in [1.165, 1.54) is 5.56 Å². The minimum Gasteiger partial charge on any atom is -0.478 e. The monoisotopic (exact) mass is 303 g/mol. The number of nitrogens with two attached hydrogens (primary N) is 2. The summed E-state index contributed by atoms with van der Waals surface area (Å²) in [7, 11) is 0. The zero-order valence-electron chi connectivity index (χ0n) is 13.4. The molecule has 0 atom stereocenters. The van der Waals surface area contributed by atoms with Crippen molar-refractivity contribution in [3.63, 3.8) is 0 Å². The summed E-state index contributed by atoms with van der Waals surface area (Å²) in [6, 6.07) is 3.93. The third kappa shape index (κ3) is 2.87. The third-order valence-electron chi connectivity index (χ3n) is 4.25. The molecule has 0 saturated carbocycles. The molecule has 22 heavy (non-hydrogen) atoms. The van der Waals surface area contributed by atoms with Crippen LogP contribution in [0.1, 0.15) is 40.0 Å². The van der Waals surface area contributed by atoms with Crippen LogP contribution in [0.3, 0.4) is 0 Å². The number of benzene rings is 1. The number of hydrogen-bond donors (Lipinski definition) is 3. The van der Waals surface area contributed by atoms with E-state index in [4.69, 9.17) is 11.5 Å². The second-order valence-electron chi connectivity index (χ2n) is 5.71. The van der Waals surface area contributed by atoms with Gasteiger partial charge in [0.1, 0.15) is 0 Å². The number of carboxylic acids is 1. The summed E-state index contributed by atoms with van der Waals surface area (Å²) in [4.78, 5) is 11.7. The van der Waals surface area contributed by atoms with Crippen LogP contribution in [0.25, 0.3) is 10.9 Å². The highest BCUT2D eigenvalue weighted by Crippen LogP contribution is 2.31. The van der Waals surface area contributed by atoms with Crippen molar-refractivity contribution >= 4 is 16.9 Å². The predicted octanol–water partition coefficient (Wildman–Crippen LogP) is 2.20. The van der Waals surface area contributed by atoms with Gasteiger partial charge in [0.15, 0.2) is 0 Å². The van der Waals surface area contributed by atoms with Crippen LogP contribution in [-0.2, 0) is 13.0 Å². The average molecular weight is 303 g/mol. The van der Waals surface area contributed by atoms with Crippen LogP contribution >= 0.6 is 0 Å². The zero-order chi connectivity index (χ0) is 16.3. The number of aromatic nitrogens is 1. The van der Waals surface area contributed by atoms with Crippen molar-refractivity contribution in [2.24, 2.45) is 11.5 Å². The number of rotatable bonds is 7. The summed E-state index contributed by atoms with van der Waals surface area (Å²) >= 11 is 0. The highest BCUT2D eigenvalue weighted by Gasteiger charge is 2.21. The van der Waals surface area contributed by atoms with Gasteiger partial charge in [0.05, 0.1) is 11.1 Å². The number of hydrogen-bond acceptors (Lipinski definition) is 3. The first kappa shape index (κ1) is 16.5. The minimum absolute atomic E-state index is 0.400. The molecule has 1 aromatic carbocycles. The predicted molar refractivity (Wildman–Crippen MR) is 89.4 cm³/mol. The molecule has 0 aliphatic carbocycles. The molecule has 1 aromatic heterocycles. The fourth-order valence-corrected chi connectivity index (χ4v) is 3.13. The largest absolute Gasteiger partial charge is 0.478 e. The first-order chi connectivity index (χ1) is 10.5. The van der Waals surface area contributed by atoms with Crippen LogP contribution in [0, 0.1) is 13.8 Å². The Labute approximate surface area is 130 Å². The summed E-state index contributed by atoms with van der Waals surface area (Å²) in [6.45, 7) is 5.87. The van der Waals surface area contributed by atoms with Crippen molar-refractivity contribution in [1.29, 1.82) is 0 Å². The van der Waals surface area contributed by atoms with Gasteiger partial charge in [-0.15, -0.1) is 0 Å². The maximum Gasteiger partial charge on any atom is 0.338 e. The second-order valence-corrected chi connectivity index (χ2v) is 5.71. The lowest BCUT2D eigenvalue weighted by Crippen LogP contribution is -2.10. The van der Waals surface area contributed by atoms with Crippen molar-refractivity contribution < 1.29 is 9.90 Å². The Kier molecular flexibility index (Phi) is 5.21. The molecular weight excluding hydrogens is 278 g/mol. The van der Waals surface area contributed by atoms with Crippen LogP contribution < -0.4 is 11.5 Å². The molecule has 120 valence electrons. The van der Waals surface area contributed by atoms with Crippen molar-refractivity contribution in [2.45, 2.75) is 39.7 Å². The van der Waals surface area contributed by atoms with E-state index in [0.29, 0.717) is 18.7 Å². The molecule has 2 aromatic rings. The Balaban J connectivity index is 2.74. The van der Waals surface area contributed by atoms with Crippen LogP contribution in [0.15, 0.2) is 12.1 Å². The van der Waals surface area contributed by atoms with Gasteiger partial charge in [-0.25, -0.2) is 4.79 Å². The fourth-order valence-electron chi connectivity index (χ4n) is 3.13. The lowest BCUT2D eigenvalue weighted by molar-refractivity contribution is 0.0698. The SMILES string of the molecule is Cc1ccc2c(CCCN)c(C)n(CCCN)c2c1C(=O)O. The summed E-state index contributed by atoms with van der Waals surface area (Å²) < 4.78 is 2.12. The topological polar surface area (TPSA) is 94.3 Å². The minimum atomic E-state index is -0.875. The van der Waals surface area contributed by atoms with E-state index >= 15 is 0 Å². The maximum absolute atomic E-state index is 11.7. The Morgan fingerprint density at radius 2 is 1.86 bits per heavy atom. The lowest BCUT2D eigenvalue weighted by Gasteiger charge is -2.11. The molecule has 0 radical (unpaired) electrons. The highest BCUT2D eigenvalue weighted by atomic mass is 16.4. The number of nitrogens with zero attached hydrogens (tertiary/aromatic N) is 1. The van der Waals surface area contributed by atoms with Gasteiger partial charge < -0.3 is 21.1 Å². The number of carboxylic acid groups (broad SMARTS) is 1. The summed E-state index contributed by atoms with van der Waals surface area (Å²) in [5, 5.41) is 10.7. The molecule has 5 N–H and O–H groups in total. The van der Waals surface area contributed by atoms with Gasteiger partial charge in [0.2, 0.25) is 0 Å². The quantitative estimate of drug-likeness (QED) is 0.731. The van der Waals surface area contributed by atoms with E-state index < -0.39 is 5.97 Å². The normalized spacial score (nSPS) is 11.3. The number of aryl methyl sites for hydroxylation is 3. The highest BCUT2D eigenvalue weighted by molar-refractivity contribution is 6.05. The zero-order valence-corrected chi connectivity index (χ0v) is 13.4. The van der Waals surface area contributed by atoms with Gasteiger partial charge in [-0.1, -0.05) is 12.1 Å². The van der Waals surface area contributed by atoms with Crippen molar-refractivity contribution in [2.75, 3.05) is 13.1 Å². The molecule has 0 aliphatic rings. The average Bonchev–Trinajstić information content (AvgIpc) is 2.74. The van der Waals surface area contributed by atoms with E-state index in [9.17, 15) is 9.90 Å². The molecule has 5 heteroatoms. The van der Waals surface area contributed by atoms with Crippen molar-refractivity contribution in [3.8, 4) is 0 Å². The third-order valence-corrected chi connectivity index (χ3v) is 4.25. The maximum atomic E-state index is 11.7. The van der Waals surface area contributed by atoms with E-state index in [0.717, 1.165) is 48.0 Å². The number of carbonyl (C=O) groups is 1. The molecule has 1 heterocycles. The lowest BCUT2D eigenvalue weighted by atomic mass is 10.0. The van der Waals surface area contributed by atoms with Crippen LogP contribution in [0.2, 0.25) is 0 Å². The van der Waals surface area contributed by atoms with Crippen molar-refractivity contribution in [1.82, 2.24) is 4.57 Å². The standard InChI is InChI=1S/C17H25N3O2/c1-11-6-7-14-13(5-3-8-18)12(2)20(10-4-9-19)16(14)15(11)17(21)22/h6-7H,3-5,8-10,18-19H2,1-2H3,(H,21,22). The first-order valence-corrected chi connectivity index (χ1v) is 7.77. The number of aromatic carboxylic acids is 1. The number of fused-ring (bicyclic) bond motifs is 1. The van der Waals surface area contributed by atoms with E-state index in [-0.39, 0.29) is 0 Å². The van der Waals surface area contributed by atoms with Gasteiger partial charge in [-0.3, -0.25) is 0 Å².